The van der Waals surface area contributed by atoms with Crippen LogP contribution in [0, 0.1) is 6.92 Å². The van der Waals surface area contributed by atoms with Crippen LogP contribution in [0.4, 0.5) is 5.69 Å². The van der Waals surface area contributed by atoms with Gasteiger partial charge in [-0.05, 0) is 24.6 Å². The van der Waals surface area contributed by atoms with Crippen LogP contribution in [0.3, 0.4) is 0 Å². The molecule has 1 heterocycles. The molecule has 1 aliphatic heterocycles. The summed E-state index contributed by atoms with van der Waals surface area (Å²) in [7, 11) is 1.70. The SMILES string of the molecule is COc1ccccc1C1CC(CN)=NN1c1ccccc1C. The van der Waals surface area contributed by atoms with Crippen LogP contribution in [0.5, 0.6) is 5.75 Å². The Bertz CT molecular complexity index is 696. The maximum Gasteiger partial charge on any atom is 0.124 e. The van der Waals surface area contributed by atoms with E-state index in [0.717, 1.165) is 29.1 Å². The molecule has 2 N–H and O–H groups in total. The Labute approximate surface area is 131 Å². The second-order valence-electron chi connectivity index (χ2n) is 5.46. The molecule has 0 aromatic heterocycles. The highest BCUT2D eigenvalue weighted by Crippen LogP contribution is 2.39. The molecule has 0 saturated carbocycles. The van der Waals surface area contributed by atoms with Gasteiger partial charge < -0.3 is 10.5 Å². The van der Waals surface area contributed by atoms with Crippen LogP contribution in [-0.2, 0) is 0 Å². The van der Waals surface area contributed by atoms with Gasteiger partial charge in [0.05, 0.1) is 24.6 Å². The van der Waals surface area contributed by atoms with Gasteiger partial charge in [0, 0.05) is 18.5 Å². The standard InChI is InChI=1S/C18H21N3O/c1-13-7-3-5-9-16(13)21-17(11-14(12-19)20-21)15-8-4-6-10-18(15)22-2/h3-10,17H,11-12,19H2,1-2H3. The largest absolute Gasteiger partial charge is 0.496 e. The third-order valence-electron chi connectivity index (χ3n) is 4.07. The van der Waals surface area contributed by atoms with Crippen LogP contribution in [0.15, 0.2) is 53.6 Å². The highest BCUT2D eigenvalue weighted by Gasteiger charge is 2.31. The first kappa shape index (κ1) is 14.6. The molecule has 0 spiro atoms. The minimum atomic E-state index is 0.121. The van der Waals surface area contributed by atoms with E-state index in [1.807, 2.05) is 30.3 Å². The van der Waals surface area contributed by atoms with Crippen molar-refractivity contribution in [3.05, 3.63) is 59.7 Å². The minimum absolute atomic E-state index is 0.121. The van der Waals surface area contributed by atoms with E-state index >= 15 is 0 Å². The van der Waals surface area contributed by atoms with Crippen molar-refractivity contribution in [3.63, 3.8) is 0 Å². The molecule has 0 bridgehead atoms. The molecule has 0 radical (unpaired) electrons. The number of benzene rings is 2. The van der Waals surface area contributed by atoms with E-state index in [0.29, 0.717) is 6.54 Å². The number of hydrazone groups is 1. The number of para-hydroxylation sites is 2. The molecule has 4 heteroatoms. The highest BCUT2D eigenvalue weighted by atomic mass is 16.5. The molecule has 4 nitrogen and oxygen atoms in total. The molecule has 2 aromatic carbocycles. The molecule has 114 valence electrons. The van der Waals surface area contributed by atoms with Crippen LogP contribution in [0.25, 0.3) is 0 Å². The maximum atomic E-state index is 5.83. The first-order valence-electron chi connectivity index (χ1n) is 7.48. The average Bonchev–Trinajstić information content (AvgIpc) is 2.99. The van der Waals surface area contributed by atoms with Crippen molar-refractivity contribution in [2.45, 2.75) is 19.4 Å². The number of nitrogens with zero attached hydrogens (tertiary/aromatic N) is 2. The van der Waals surface area contributed by atoms with E-state index in [2.05, 4.69) is 30.1 Å². The second kappa shape index (κ2) is 6.20. The number of anilines is 1. The fourth-order valence-electron chi connectivity index (χ4n) is 2.92. The lowest BCUT2D eigenvalue weighted by Gasteiger charge is -2.26. The summed E-state index contributed by atoms with van der Waals surface area (Å²) < 4.78 is 5.53. The molecule has 22 heavy (non-hydrogen) atoms. The number of nitrogens with two attached hydrogens (primary N) is 1. The van der Waals surface area contributed by atoms with Gasteiger partial charge in [-0.3, -0.25) is 5.01 Å². The van der Waals surface area contributed by atoms with Crippen LogP contribution >= 0.6 is 0 Å². The molecular weight excluding hydrogens is 274 g/mol. The molecule has 0 saturated heterocycles. The summed E-state index contributed by atoms with van der Waals surface area (Å²) in [6.45, 7) is 2.58. The van der Waals surface area contributed by atoms with Gasteiger partial charge in [0.2, 0.25) is 0 Å². The van der Waals surface area contributed by atoms with Gasteiger partial charge in [-0.2, -0.15) is 5.10 Å². The molecule has 2 aromatic rings. The predicted molar refractivity (Wildman–Crippen MR) is 90.5 cm³/mol. The van der Waals surface area contributed by atoms with Crippen molar-refractivity contribution in [2.24, 2.45) is 10.8 Å². The summed E-state index contributed by atoms with van der Waals surface area (Å²) in [5.41, 5.74) is 10.3. The van der Waals surface area contributed by atoms with Gasteiger partial charge in [-0.1, -0.05) is 36.4 Å². The van der Waals surface area contributed by atoms with Crippen LogP contribution in [-0.4, -0.2) is 19.4 Å². The summed E-state index contributed by atoms with van der Waals surface area (Å²) in [6.07, 6.45) is 0.825. The van der Waals surface area contributed by atoms with Gasteiger partial charge in [-0.25, -0.2) is 0 Å². The quantitative estimate of drug-likeness (QED) is 0.942. The summed E-state index contributed by atoms with van der Waals surface area (Å²) >= 11 is 0. The Morgan fingerprint density at radius 1 is 1.18 bits per heavy atom. The lowest BCUT2D eigenvalue weighted by molar-refractivity contribution is 0.405. The number of ether oxygens (including phenoxy) is 1. The maximum absolute atomic E-state index is 5.83. The normalized spacial score (nSPS) is 17.5. The monoisotopic (exact) mass is 295 g/mol. The zero-order valence-electron chi connectivity index (χ0n) is 13.0. The smallest absolute Gasteiger partial charge is 0.124 e. The van der Waals surface area contributed by atoms with E-state index in [1.54, 1.807) is 7.11 Å². The van der Waals surface area contributed by atoms with Crippen molar-refractivity contribution >= 4 is 11.4 Å². The minimum Gasteiger partial charge on any atom is -0.496 e. The van der Waals surface area contributed by atoms with E-state index in [9.17, 15) is 0 Å². The Morgan fingerprint density at radius 3 is 2.64 bits per heavy atom. The third-order valence-corrected chi connectivity index (χ3v) is 4.07. The van der Waals surface area contributed by atoms with Crippen molar-refractivity contribution < 1.29 is 4.74 Å². The molecular formula is C18H21N3O. The van der Waals surface area contributed by atoms with Crippen molar-refractivity contribution in [2.75, 3.05) is 18.7 Å². The molecule has 0 fully saturated rings. The van der Waals surface area contributed by atoms with E-state index in [4.69, 9.17) is 15.6 Å². The Hall–Kier alpha value is -2.33. The van der Waals surface area contributed by atoms with Crippen molar-refractivity contribution in [1.82, 2.24) is 0 Å². The molecule has 3 rings (SSSR count). The Kier molecular flexibility index (Phi) is 4.11. The average molecular weight is 295 g/mol. The summed E-state index contributed by atoms with van der Waals surface area (Å²) in [4.78, 5) is 0. The predicted octanol–water partition coefficient (Wildman–Crippen LogP) is 3.27. The zero-order chi connectivity index (χ0) is 15.5. The van der Waals surface area contributed by atoms with Crippen LogP contribution in [0.2, 0.25) is 0 Å². The number of methoxy groups -OCH3 is 1. The Morgan fingerprint density at radius 2 is 1.91 bits per heavy atom. The van der Waals surface area contributed by atoms with Crippen molar-refractivity contribution in [3.8, 4) is 5.75 Å². The third kappa shape index (κ3) is 2.57. The molecule has 0 amide bonds. The van der Waals surface area contributed by atoms with Gasteiger partial charge >= 0.3 is 0 Å². The Balaban J connectivity index is 2.05. The van der Waals surface area contributed by atoms with Gasteiger partial charge in [0.1, 0.15) is 5.75 Å². The van der Waals surface area contributed by atoms with Crippen LogP contribution in [0.1, 0.15) is 23.6 Å². The lowest BCUT2D eigenvalue weighted by atomic mass is 10.00. The van der Waals surface area contributed by atoms with E-state index < -0.39 is 0 Å². The molecule has 1 atom stereocenters. The fourth-order valence-corrected chi connectivity index (χ4v) is 2.92. The highest BCUT2D eigenvalue weighted by molar-refractivity contribution is 5.90. The lowest BCUT2D eigenvalue weighted by Crippen LogP contribution is -2.20. The molecule has 1 aliphatic rings. The number of aryl methyl sites for hydroxylation is 1. The topological polar surface area (TPSA) is 50.9 Å². The summed E-state index contributed by atoms with van der Waals surface area (Å²) in [5, 5.41) is 6.82. The molecule has 0 aliphatic carbocycles. The number of rotatable bonds is 4. The summed E-state index contributed by atoms with van der Waals surface area (Å²) in [6, 6.07) is 16.5. The summed E-state index contributed by atoms with van der Waals surface area (Å²) in [5.74, 6) is 0.888. The van der Waals surface area contributed by atoms with E-state index in [1.165, 1.54) is 5.56 Å². The van der Waals surface area contributed by atoms with Crippen molar-refractivity contribution in [1.29, 1.82) is 0 Å². The van der Waals surface area contributed by atoms with E-state index in [-0.39, 0.29) is 6.04 Å². The molecule has 1 unspecified atom stereocenters. The number of hydrogen-bond donors (Lipinski definition) is 1. The van der Waals surface area contributed by atoms with Gasteiger partial charge in [0.15, 0.2) is 0 Å². The van der Waals surface area contributed by atoms with Crippen LogP contribution < -0.4 is 15.5 Å². The first-order valence-corrected chi connectivity index (χ1v) is 7.48. The van der Waals surface area contributed by atoms with Gasteiger partial charge in [0.25, 0.3) is 0 Å². The second-order valence-corrected chi connectivity index (χ2v) is 5.46. The zero-order valence-corrected chi connectivity index (χ0v) is 13.0. The van der Waals surface area contributed by atoms with Gasteiger partial charge in [-0.15, -0.1) is 0 Å². The first-order chi connectivity index (χ1) is 10.7. The fraction of sp³-hybridized carbons (Fsp3) is 0.278. The number of hydrogen-bond acceptors (Lipinski definition) is 4.